The van der Waals surface area contributed by atoms with Crippen molar-refractivity contribution in [2.45, 2.75) is 13.3 Å². The number of nitrogens with one attached hydrogen (secondary N) is 2. The number of allylic oxidation sites excluding steroid dienone is 3. The van der Waals surface area contributed by atoms with Crippen LogP contribution in [0.5, 0.6) is 0 Å². The maximum atomic E-state index is 5.53. The summed E-state index contributed by atoms with van der Waals surface area (Å²) < 4.78 is 0. The van der Waals surface area contributed by atoms with Crippen LogP contribution in [0.3, 0.4) is 0 Å². The molecule has 1 aromatic rings. The Bertz CT molecular complexity index is 830. The molecule has 0 spiro atoms. The van der Waals surface area contributed by atoms with E-state index in [0.717, 1.165) is 49.1 Å². The number of piperazine rings is 1. The predicted octanol–water partition coefficient (Wildman–Crippen LogP) is 2.14. The molecule has 8 heteroatoms. The zero-order chi connectivity index (χ0) is 23.9. The van der Waals surface area contributed by atoms with E-state index in [1.54, 1.807) is 7.05 Å². The second-order valence-corrected chi connectivity index (χ2v) is 7.86. The highest BCUT2D eigenvalue weighted by Gasteiger charge is 2.14. The molecular formula is C25H40N8. The minimum absolute atomic E-state index is 0.482. The van der Waals surface area contributed by atoms with E-state index in [1.165, 1.54) is 5.70 Å². The standard InChI is InChI=1S/C25H40N8/c1-5-8-23(21-10-11-24(31-19-21)29-14-12-26)30-20-25(27-3)28-13-7-9-22(6-2)33-17-15-32(4)16-18-33/h5-7,9-11,19H,1,8,12-18,20,26H2,2-4H3,(H,27,28)(H,29,31)/b9-7-,22-6+,30-23?. The Morgan fingerprint density at radius 2 is 2.06 bits per heavy atom. The predicted molar refractivity (Wildman–Crippen MR) is 141 cm³/mol. The number of nitrogens with two attached hydrogens (primary N) is 1. The van der Waals surface area contributed by atoms with Gasteiger partial charge in [-0.15, -0.1) is 6.58 Å². The summed E-state index contributed by atoms with van der Waals surface area (Å²) >= 11 is 0. The number of hydrogen-bond acceptors (Lipinski definition) is 7. The van der Waals surface area contributed by atoms with Crippen LogP contribution in [0.15, 0.2) is 64.9 Å². The fraction of sp³-hybridized carbons (Fsp3) is 0.480. The van der Waals surface area contributed by atoms with Gasteiger partial charge in [-0.2, -0.15) is 0 Å². The topological polar surface area (TPSA) is 94.2 Å². The van der Waals surface area contributed by atoms with Crippen LogP contribution in [-0.2, 0) is 0 Å². The van der Waals surface area contributed by atoms with Crippen molar-refractivity contribution < 1.29 is 0 Å². The maximum absolute atomic E-state index is 5.53. The Balaban J connectivity index is 1.91. The normalized spacial score (nSPS) is 16.4. The van der Waals surface area contributed by atoms with Gasteiger partial charge in [0, 0.05) is 82.5 Å². The van der Waals surface area contributed by atoms with Gasteiger partial charge in [0.1, 0.15) is 11.7 Å². The molecule has 1 aromatic heterocycles. The van der Waals surface area contributed by atoms with Gasteiger partial charge in [0.05, 0.1) is 6.54 Å². The molecule has 0 bridgehead atoms. The average molecular weight is 453 g/mol. The van der Waals surface area contributed by atoms with Gasteiger partial charge >= 0.3 is 0 Å². The van der Waals surface area contributed by atoms with Gasteiger partial charge in [-0.3, -0.25) is 9.98 Å². The number of hydrogen-bond donors (Lipinski definition) is 3. The molecule has 0 aliphatic carbocycles. The first-order valence-electron chi connectivity index (χ1n) is 11.6. The zero-order valence-corrected chi connectivity index (χ0v) is 20.4. The van der Waals surface area contributed by atoms with E-state index in [2.05, 4.69) is 69.2 Å². The van der Waals surface area contributed by atoms with Crippen molar-refractivity contribution in [2.75, 3.05) is 71.8 Å². The fourth-order valence-electron chi connectivity index (χ4n) is 3.46. The monoisotopic (exact) mass is 452 g/mol. The quantitative estimate of drug-likeness (QED) is 0.195. The van der Waals surface area contributed by atoms with E-state index in [-0.39, 0.29) is 0 Å². The molecule has 1 saturated heterocycles. The molecule has 0 amide bonds. The third kappa shape index (κ3) is 9.19. The molecule has 0 radical (unpaired) electrons. The molecule has 1 aliphatic rings. The maximum Gasteiger partial charge on any atom is 0.125 e. The first kappa shape index (κ1) is 26.3. The zero-order valence-electron chi connectivity index (χ0n) is 20.4. The average Bonchev–Trinajstić information content (AvgIpc) is 2.85. The Hall–Kier alpha value is -2.97. The molecular weight excluding hydrogens is 412 g/mol. The lowest BCUT2D eigenvalue weighted by Crippen LogP contribution is -2.43. The van der Waals surface area contributed by atoms with Gasteiger partial charge in [0.2, 0.25) is 0 Å². The lowest BCUT2D eigenvalue weighted by Gasteiger charge is -2.34. The molecule has 8 nitrogen and oxygen atoms in total. The molecule has 4 N–H and O–H groups in total. The smallest absolute Gasteiger partial charge is 0.125 e. The minimum atomic E-state index is 0.482. The summed E-state index contributed by atoms with van der Waals surface area (Å²) in [7, 11) is 3.96. The largest absolute Gasteiger partial charge is 0.369 e. The SMILES string of the molecule is C=CCC(=NCC(=NC)NC/C=C\C(=C/C)N1CCN(C)CC1)c1ccc(NCCN)nc1. The lowest BCUT2D eigenvalue weighted by molar-refractivity contribution is 0.190. The van der Waals surface area contributed by atoms with Crippen LogP contribution in [0.2, 0.25) is 0 Å². The van der Waals surface area contributed by atoms with Crippen molar-refractivity contribution in [1.82, 2.24) is 20.1 Å². The number of amidine groups is 1. The van der Waals surface area contributed by atoms with Crippen LogP contribution in [0, 0.1) is 0 Å². The highest BCUT2D eigenvalue weighted by Crippen LogP contribution is 2.10. The van der Waals surface area contributed by atoms with E-state index >= 15 is 0 Å². The summed E-state index contributed by atoms with van der Waals surface area (Å²) in [5.74, 6) is 1.65. The molecule has 0 atom stereocenters. The number of anilines is 1. The van der Waals surface area contributed by atoms with E-state index < -0.39 is 0 Å². The summed E-state index contributed by atoms with van der Waals surface area (Å²) in [6, 6.07) is 3.96. The molecule has 180 valence electrons. The summed E-state index contributed by atoms with van der Waals surface area (Å²) in [5, 5.41) is 6.55. The van der Waals surface area contributed by atoms with Crippen molar-refractivity contribution in [3.05, 3.63) is 60.5 Å². The van der Waals surface area contributed by atoms with Crippen molar-refractivity contribution >= 4 is 17.4 Å². The van der Waals surface area contributed by atoms with Gasteiger partial charge in [-0.1, -0.05) is 18.2 Å². The number of aliphatic imine (C=N–C) groups is 2. The van der Waals surface area contributed by atoms with E-state index in [0.29, 0.717) is 32.6 Å². The minimum Gasteiger partial charge on any atom is -0.369 e. The summed E-state index contributed by atoms with van der Waals surface area (Å²) in [6.45, 7) is 12.7. The van der Waals surface area contributed by atoms with Crippen molar-refractivity contribution in [3.63, 3.8) is 0 Å². The van der Waals surface area contributed by atoms with Crippen LogP contribution in [0.25, 0.3) is 0 Å². The molecule has 0 saturated carbocycles. The molecule has 0 unspecified atom stereocenters. The van der Waals surface area contributed by atoms with Crippen molar-refractivity contribution in [3.8, 4) is 0 Å². The van der Waals surface area contributed by atoms with Gasteiger partial charge in [0.25, 0.3) is 0 Å². The van der Waals surface area contributed by atoms with E-state index in [1.807, 2.05) is 24.4 Å². The first-order valence-corrected chi connectivity index (χ1v) is 11.6. The number of likely N-dealkylation sites (N-methyl/N-ethyl adjacent to an activating group) is 1. The van der Waals surface area contributed by atoms with Crippen LogP contribution < -0.4 is 16.4 Å². The molecule has 2 rings (SSSR count). The molecule has 1 fully saturated rings. The number of rotatable bonds is 12. The third-order valence-corrected chi connectivity index (χ3v) is 5.45. The van der Waals surface area contributed by atoms with Gasteiger partial charge < -0.3 is 26.2 Å². The van der Waals surface area contributed by atoms with E-state index in [9.17, 15) is 0 Å². The Labute approximate surface area is 199 Å². The molecule has 2 heterocycles. The second kappa shape index (κ2) is 15.0. The van der Waals surface area contributed by atoms with Crippen LogP contribution in [-0.4, -0.2) is 92.8 Å². The lowest BCUT2D eigenvalue weighted by atomic mass is 10.1. The number of pyridine rings is 1. The highest BCUT2D eigenvalue weighted by atomic mass is 15.2. The highest BCUT2D eigenvalue weighted by molar-refractivity contribution is 6.02. The van der Waals surface area contributed by atoms with Crippen LogP contribution in [0.4, 0.5) is 5.82 Å². The van der Waals surface area contributed by atoms with Crippen molar-refractivity contribution in [2.24, 2.45) is 15.7 Å². The second-order valence-electron chi connectivity index (χ2n) is 7.86. The number of nitrogens with zero attached hydrogens (tertiary/aromatic N) is 5. The third-order valence-electron chi connectivity index (χ3n) is 5.45. The fourth-order valence-corrected chi connectivity index (χ4v) is 3.46. The van der Waals surface area contributed by atoms with Gasteiger partial charge in [-0.05, 0) is 32.2 Å². The Morgan fingerprint density at radius 1 is 1.27 bits per heavy atom. The molecule has 1 aliphatic heterocycles. The van der Waals surface area contributed by atoms with E-state index in [4.69, 9.17) is 10.7 Å². The van der Waals surface area contributed by atoms with Gasteiger partial charge in [0.15, 0.2) is 0 Å². The summed E-state index contributed by atoms with van der Waals surface area (Å²) in [6.07, 6.45) is 10.9. The summed E-state index contributed by atoms with van der Waals surface area (Å²) in [4.78, 5) is 18.4. The van der Waals surface area contributed by atoms with Crippen LogP contribution >= 0.6 is 0 Å². The Kier molecular flexibility index (Phi) is 11.9. The molecule has 33 heavy (non-hydrogen) atoms. The molecule has 0 aromatic carbocycles. The van der Waals surface area contributed by atoms with Crippen LogP contribution in [0.1, 0.15) is 18.9 Å². The summed E-state index contributed by atoms with van der Waals surface area (Å²) in [5.41, 5.74) is 8.72. The van der Waals surface area contributed by atoms with Crippen molar-refractivity contribution in [1.29, 1.82) is 0 Å². The Morgan fingerprint density at radius 3 is 2.67 bits per heavy atom. The number of aromatic nitrogens is 1. The first-order chi connectivity index (χ1) is 16.1. The van der Waals surface area contributed by atoms with Gasteiger partial charge in [-0.25, -0.2) is 4.98 Å².